The molecule has 1 aromatic rings. The summed E-state index contributed by atoms with van der Waals surface area (Å²) in [5.74, 6) is -0.0335. The number of benzene rings is 1. The van der Waals surface area contributed by atoms with Crippen molar-refractivity contribution < 1.29 is 13.2 Å². The van der Waals surface area contributed by atoms with Crippen molar-refractivity contribution in [2.24, 2.45) is 5.73 Å². The van der Waals surface area contributed by atoms with Crippen LogP contribution in [0.4, 0.5) is 5.69 Å². The van der Waals surface area contributed by atoms with E-state index in [1.54, 1.807) is 6.07 Å². The number of sulfonamides is 1. The molecule has 0 heterocycles. The minimum atomic E-state index is -3.44. The van der Waals surface area contributed by atoms with Crippen LogP contribution < -0.4 is 10.5 Å². The minimum Gasteiger partial charge on any atom is -0.389 e. The number of hydrogen-bond acceptors (Lipinski definition) is 4. The molecule has 0 atom stereocenters. The Morgan fingerprint density at radius 2 is 2.21 bits per heavy atom. The third-order valence-electron chi connectivity index (χ3n) is 2.28. The molecule has 0 aromatic heterocycles. The van der Waals surface area contributed by atoms with Crippen LogP contribution in [0.2, 0.25) is 5.02 Å². The van der Waals surface area contributed by atoms with Crippen molar-refractivity contribution in [1.82, 2.24) is 0 Å². The first kappa shape index (κ1) is 16.2. The van der Waals surface area contributed by atoms with Gasteiger partial charge in [-0.25, -0.2) is 8.42 Å². The molecular formula is C11H15ClN2O3S2. The molecule has 5 nitrogen and oxygen atoms in total. The van der Waals surface area contributed by atoms with Crippen LogP contribution in [0.25, 0.3) is 0 Å². The SMILES string of the molecule is COCCCS(=O)(=O)Nc1ccc(C(N)=S)cc1Cl. The number of thiocarbonyl (C=S) groups is 1. The standard InChI is InChI=1S/C11H15ClN2O3S2/c1-17-5-2-6-19(15,16)14-10-4-3-8(11(13)18)7-9(10)12/h3-4,7,14H,2,5-6H2,1H3,(H2,13,18). The zero-order chi connectivity index (χ0) is 14.5. The van der Waals surface area contributed by atoms with Crippen molar-refractivity contribution in [2.75, 3.05) is 24.2 Å². The van der Waals surface area contributed by atoms with Crippen LogP contribution in [-0.2, 0) is 14.8 Å². The first-order valence-electron chi connectivity index (χ1n) is 5.44. The van der Waals surface area contributed by atoms with Gasteiger partial charge in [-0.2, -0.15) is 0 Å². The highest BCUT2D eigenvalue weighted by molar-refractivity contribution is 7.92. The van der Waals surface area contributed by atoms with Crippen LogP contribution in [0, 0.1) is 0 Å². The first-order valence-corrected chi connectivity index (χ1v) is 7.88. The molecule has 8 heteroatoms. The molecule has 0 unspecified atom stereocenters. The Hall–Kier alpha value is -0.890. The molecule has 0 spiro atoms. The lowest BCUT2D eigenvalue weighted by atomic mass is 10.2. The number of nitrogens with one attached hydrogen (secondary N) is 1. The first-order chi connectivity index (χ1) is 8.85. The molecule has 0 radical (unpaired) electrons. The highest BCUT2D eigenvalue weighted by Gasteiger charge is 2.12. The van der Waals surface area contributed by atoms with E-state index in [-0.39, 0.29) is 15.8 Å². The van der Waals surface area contributed by atoms with E-state index in [0.717, 1.165) is 0 Å². The summed E-state index contributed by atoms with van der Waals surface area (Å²) in [6.45, 7) is 0.384. The summed E-state index contributed by atoms with van der Waals surface area (Å²) in [7, 11) is -1.92. The Bertz CT molecular complexity index is 561. The number of rotatable bonds is 7. The van der Waals surface area contributed by atoms with Gasteiger partial charge in [0.1, 0.15) is 4.99 Å². The number of anilines is 1. The molecule has 0 aliphatic heterocycles. The minimum absolute atomic E-state index is 0.0335. The molecule has 0 aliphatic carbocycles. The van der Waals surface area contributed by atoms with Gasteiger partial charge in [-0.05, 0) is 24.6 Å². The summed E-state index contributed by atoms with van der Waals surface area (Å²) in [6, 6.07) is 4.67. The Morgan fingerprint density at radius 1 is 1.53 bits per heavy atom. The number of ether oxygens (including phenoxy) is 1. The van der Waals surface area contributed by atoms with Crippen molar-refractivity contribution in [2.45, 2.75) is 6.42 Å². The Morgan fingerprint density at radius 3 is 2.74 bits per heavy atom. The summed E-state index contributed by atoms with van der Waals surface area (Å²) in [4.78, 5) is 0.205. The molecule has 19 heavy (non-hydrogen) atoms. The van der Waals surface area contributed by atoms with Gasteiger partial charge in [-0.15, -0.1) is 0 Å². The summed E-state index contributed by atoms with van der Waals surface area (Å²) in [5, 5.41) is 0.251. The van der Waals surface area contributed by atoms with E-state index in [1.807, 2.05) is 0 Å². The molecule has 3 N–H and O–H groups in total. The third kappa shape index (κ3) is 5.32. The Labute approximate surface area is 123 Å². The van der Waals surface area contributed by atoms with E-state index in [2.05, 4.69) is 4.72 Å². The van der Waals surface area contributed by atoms with Gasteiger partial charge in [-0.3, -0.25) is 4.72 Å². The average Bonchev–Trinajstić information content (AvgIpc) is 2.31. The van der Waals surface area contributed by atoms with Gasteiger partial charge in [0.05, 0.1) is 16.5 Å². The van der Waals surface area contributed by atoms with E-state index in [9.17, 15) is 8.42 Å². The molecule has 1 rings (SSSR count). The lowest BCUT2D eigenvalue weighted by Crippen LogP contribution is -2.18. The fourth-order valence-electron chi connectivity index (χ4n) is 1.36. The third-order valence-corrected chi connectivity index (χ3v) is 4.19. The highest BCUT2D eigenvalue weighted by atomic mass is 35.5. The number of methoxy groups -OCH3 is 1. The van der Waals surface area contributed by atoms with Crippen LogP contribution >= 0.6 is 23.8 Å². The van der Waals surface area contributed by atoms with Gasteiger partial charge >= 0.3 is 0 Å². The Kier molecular flexibility index (Phi) is 5.99. The van der Waals surface area contributed by atoms with Gasteiger partial charge in [0, 0.05) is 19.3 Å². The number of halogens is 1. The van der Waals surface area contributed by atoms with Crippen LogP contribution in [0.1, 0.15) is 12.0 Å². The average molecular weight is 323 g/mol. The lowest BCUT2D eigenvalue weighted by molar-refractivity contribution is 0.199. The van der Waals surface area contributed by atoms with Gasteiger partial charge in [0.15, 0.2) is 0 Å². The van der Waals surface area contributed by atoms with E-state index in [1.165, 1.54) is 19.2 Å². The second kappa shape index (κ2) is 7.04. The molecule has 1 aromatic carbocycles. The van der Waals surface area contributed by atoms with Crippen molar-refractivity contribution in [1.29, 1.82) is 0 Å². The second-order valence-electron chi connectivity index (χ2n) is 3.83. The molecule has 0 aliphatic rings. The normalized spacial score (nSPS) is 11.3. The van der Waals surface area contributed by atoms with Crippen LogP contribution in [-0.4, -0.2) is 32.9 Å². The van der Waals surface area contributed by atoms with Crippen molar-refractivity contribution in [3.8, 4) is 0 Å². The molecular weight excluding hydrogens is 308 g/mol. The van der Waals surface area contributed by atoms with Crippen molar-refractivity contribution >= 4 is 44.5 Å². The molecule has 106 valence electrons. The summed E-state index contributed by atoms with van der Waals surface area (Å²) in [5.41, 5.74) is 6.35. The maximum atomic E-state index is 11.8. The smallest absolute Gasteiger partial charge is 0.232 e. The molecule has 0 saturated carbocycles. The van der Waals surface area contributed by atoms with Gasteiger partial charge in [0.25, 0.3) is 0 Å². The van der Waals surface area contributed by atoms with E-state index >= 15 is 0 Å². The number of nitrogens with two attached hydrogens (primary N) is 1. The topological polar surface area (TPSA) is 81.4 Å². The highest BCUT2D eigenvalue weighted by Crippen LogP contribution is 2.24. The predicted molar refractivity (Wildman–Crippen MR) is 81.2 cm³/mol. The summed E-state index contributed by atoms with van der Waals surface area (Å²) < 4.78 is 30.8. The summed E-state index contributed by atoms with van der Waals surface area (Å²) in [6.07, 6.45) is 0.411. The molecule has 0 bridgehead atoms. The zero-order valence-electron chi connectivity index (χ0n) is 10.3. The maximum Gasteiger partial charge on any atom is 0.232 e. The fraction of sp³-hybridized carbons (Fsp3) is 0.364. The lowest BCUT2D eigenvalue weighted by Gasteiger charge is -2.10. The predicted octanol–water partition coefficient (Wildman–Crippen LogP) is 1.75. The maximum absolute atomic E-state index is 11.8. The second-order valence-corrected chi connectivity index (χ2v) is 6.52. The van der Waals surface area contributed by atoms with Gasteiger partial charge in [-0.1, -0.05) is 23.8 Å². The quantitative estimate of drug-likeness (QED) is 0.590. The van der Waals surface area contributed by atoms with Crippen molar-refractivity contribution in [3.63, 3.8) is 0 Å². The van der Waals surface area contributed by atoms with Crippen molar-refractivity contribution in [3.05, 3.63) is 28.8 Å². The molecule has 0 saturated heterocycles. The largest absolute Gasteiger partial charge is 0.389 e. The molecule has 0 amide bonds. The monoisotopic (exact) mass is 322 g/mol. The van der Waals surface area contributed by atoms with Gasteiger partial charge < -0.3 is 10.5 Å². The fourth-order valence-corrected chi connectivity index (χ4v) is 2.89. The zero-order valence-corrected chi connectivity index (χ0v) is 12.7. The van der Waals surface area contributed by atoms with E-state index in [4.69, 9.17) is 34.3 Å². The summed E-state index contributed by atoms with van der Waals surface area (Å²) >= 11 is 10.8. The van der Waals surface area contributed by atoms with E-state index < -0.39 is 10.0 Å². The Balaban J connectivity index is 2.79. The van der Waals surface area contributed by atoms with Crippen LogP contribution in [0.5, 0.6) is 0 Å². The van der Waals surface area contributed by atoms with Crippen LogP contribution in [0.15, 0.2) is 18.2 Å². The van der Waals surface area contributed by atoms with Gasteiger partial charge in [0.2, 0.25) is 10.0 Å². The number of hydrogen-bond donors (Lipinski definition) is 2. The van der Waals surface area contributed by atoms with E-state index in [0.29, 0.717) is 24.3 Å². The molecule has 0 fully saturated rings. The van der Waals surface area contributed by atoms with Crippen LogP contribution in [0.3, 0.4) is 0 Å².